The average molecular weight is 269 g/mol. The maximum atomic E-state index is 5.44. The first kappa shape index (κ1) is 12.4. The molecule has 0 aliphatic heterocycles. The number of H-pyrrole nitrogens is 1. The van der Waals surface area contributed by atoms with E-state index in [1.165, 1.54) is 0 Å². The van der Waals surface area contributed by atoms with Crippen LogP contribution in [-0.4, -0.2) is 27.0 Å². The molecule has 0 amide bonds. The van der Waals surface area contributed by atoms with Gasteiger partial charge in [0.15, 0.2) is 0 Å². The van der Waals surface area contributed by atoms with Crippen LogP contribution in [-0.2, 0) is 6.54 Å². The van der Waals surface area contributed by atoms with Crippen molar-refractivity contribution in [2.24, 2.45) is 0 Å². The zero-order chi connectivity index (χ0) is 13.8. The van der Waals surface area contributed by atoms with Crippen LogP contribution in [0.3, 0.4) is 0 Å². The van der Waals surface area contributed by atoms with Crippen LogP contribution in [0.2, 0.25) is 0 Å². The van der Waals surface area contributed by atoms with Crippen molar-refractivity contribution in [1.29, 1.82) is 0 Å². The smallest absolute Gasteiger partial charge is 0.137 e. The molecule has 20 heavy (non-hydrogen) atoms. The molecule has 0 aliphatic rings. The summed E-state index contributed by atoms with van der Waals surface area (Å²) in [6.07, 6.45) is 3.53. The number of fused-ring (bicyclic) bond motifs is 1. The maximum absolute atomic E-state index is 5.44. The normalized spacial score (nSPS) is 10.7. The molecule has 0 saturated carbocycles. The van der Waals surface area contributed by atoms with Gasteiger partial charge in [0.2, 0.25) is 0 Å². The molecule has 0 bridgehead atoms. The van der Waals surface area contributed by atoms with E-state index in [1.54, 1.807) is 6.20 Å². The molecular weight excluding hydrogens is 254 g/mol. The number of para-hydroxylation sites is 1. The fourth-order valence-corrected chi connectivity index (χ4v) is 2.01. The lowest BCUT2D eigenvalue weighted by Crippen LogP contribution is -2.01. The molecular formula is C14H15N5O. The van der Waals surface area contributed by atoms with Crippen LogP contribution in [0, 0.1) is 0 Å². The number of pyridine rings is 1. The Labute approximate surface area is 116 Å². The lowest BCUT2D eigenvalue weighted by atomic mass is 10.2. The van der Waals surface area contributed by atoms with Gasteiger partial charge in [-0.05, 0) is 30.7 Å². The van der Waals surface area contributed by atoms with Gasteiger partial charge < -0.3 is 10.1 Å². The fraction of sp³-hybridized carbons (Fsp3) is 0.214. The van der Waals surface area contributed by atoms with E-state index in [2.05, 4.69) is 25.7 Å². The summed E-state index contributed by atoms with van der Waals surface area (Å²) in [4.78, 5) is 4.17. The van der Waals surface area contributed by atoms with Gasteiger partial charge in [-0.15, -0.1) is 0 Å². The Morgan fingerprint density at radius 1 is 1.25 bits per heavy atom. The van der Waals surface area contributed by atoms with E-state index in [4.69, 9.17) is 4.74 Å². The van der Waals surface area contributed by atoms with Gasteiger partial charge >= 0.3 is 0 Å². The van der Waals surface area contributed by atoms with Gasteiger partial charge in [0.05, 0.1) is 18.5 Å². The molecule has 3 rings (SSSR count). The number of nitrogens with zero attached hydrogens (tertiary/aromatic N) is 3. The van der Waals surface area contributed by atoms with Crippen LogP contribution in [0.5, 0.6) is 5.75 Å². The van der Waals surface area contributed by atoms with E-state index in [-0.39, 0.29) is 0 Å². The van der Waals surface area contributed by atoms with Crippen molar-refractivity contribution in [3.63, 3.8) is 0 Å². The van der Waals surface area contributed by atoms with Crippen molar-refractivity contribution in [3.05, 3.63) is 42.2 Å². The molecule has 6 nitrogen and oxygen atoms in total. The molecule has 0 spiro atoms. The van der Waals surface area contributed by atoms with Crippen LogP contribution < -0.4 is 10.1 Å². The number of rotatable bonds is 5. The average Bonchev–Trinajstić information content (AvgIpc) is 2.95. The maximum Gasteiger partial charge on any atom is 0.137 e. The molecule has 102 valence electrons. The Morgan fingerprint density at radius 2 is 2.20 bits per heavy atom. The lowest BCUT2D eigenvalue weighted by Gasteiger charge is -2.08. The summed E-state index contributed by atoms with van der Waals surface area (Å²) in [6, 6.07) is 7.82. The van der Waals surface area contributed by atoms with E-state index in [0.717, 1.165) is 28.0 Å². The van der Waals surface area contributed by atoms with Gasteiger partial charge in [0, 0.05) is 12.7 Å². The minimum Gasteiger partial charge on any atom is -0.492 e. The Balaban J connectivity index is 1.76. The number of hydrogen-bond acceptors (Lipinski definition) is 5. The van der Waals surface area contributed by atoms with Gasteiger partial charge in [0.1, 0.15) is 16.8 Å². The van der Waals surface area contributed by atoms with Gasteiger partial charge in [-0.3, -0.25) is 4.98 Å². The highest BCUT2D eigenvalue weighted by molar-refractivity contribution is 5.87. The Morgan fingerprint density at radius 3 is 3.10 bits per heavy atom. The summed E-state index contributed by atoms with van der Waals surface area (Å²) < 4.78 is 5.44. The molecule has 0 aliphatic carbocycles. The van der Waals surface area contributed by atoms with Crippen molar-refractivity contribution >= 4 is 16.7 Å². The first-order chi connectivity index (χ1) is 9.86. The second kappa shape index (κ2) is 5.56. The molecule has 2 heterocycles. The minimum absolute atomic E-state index is 0.636. The number of benzene rings is 1. The van der Waals surface area contributed by atoms with E-state index in [0.29, 0.717) is 13.2 Å². The fourth-order valence-electron chi connectivity index (χ4n) is 2.01. The third kappa shape index (κ3) is 2.54. The van der Waals surface area contributed by atoms with Crippen LogP contribution >= 0.6 is 0 Å². The zero-order valence-electron chi connectivity index (χ0n) is 11.1. The third-order valence-corrected chi connectivity index (χ3v) is 2.91. The molecule has 1 aromatic carbocycles. The predicted octanol–water partition coefficient (Wildman–Crippen LogP) is 2.36. The number of aromatic nitrogens is 4. The molecule has 0 atom stereocenters. The number of nitrogens with one attached hydrogen (secondary N) is 2. The van der Waals surface area contributed by atoms with Crippen LogP contribution in [0.15, 0.2) is 36.7 Å². The lowest BCUT2D eigenvalue weighted by molar-refractivity contribution is 0.338. The Kier molecular flexibility index (Phi) is 3.45. The number of ether oxygens (including phenoxy) is 1. The highest BCUT2D eigenvalue weighted by Crippen LogP contribution is 2.20. The van der Waals surface area contributed by atoms with Gasteiger partial charge in [-0.2, -0.15) is 15.4 Å². The SMILES string of the molecule is CCOc1cncc(CNc2cccc3n[nH]nc23)c1. The van der Waals surface area contributed by atoms with Crippen LogP contribution in [0.1, 0.15) is 12.5 Å². The van der Waals surface area contributed by atoms with Crippen molar-refractivity contribution in [2.75, 3.05) is 11.9 Å². The van der Waals surface area contributed by atoms with Crippen molar-refractivity contribution in [1.82, 2.24) is 20.4 Å². The largest absolute Gasteiger partial charge is 0.492 e. The minimum atomic E-state index is 0.636. The first-order valence-electron chi connectivity index (χ1n) is 6.47. The van der Waals surface area contributed by atoms with Crippen LogP contribution in [0.25, 0.3) is 11.0 Å². The van der Waals surface area contributed by atoms with E-state index in [9.17, 15) is 0 Å². The van der Waals surface area contributed by atoms with Gasteiger partial charge in [0.25, 0.3) is 0 Å². The van der Waals surface area contributed by atoms with Gasteiger partial charge in [-0.1, -0.05) is 6.07 Å². The predicted molar refractivity (Wildman–Crippen MR) is 76.6 cm³/mol. The summed E-state index contributed by atoms with van der Waals surface area (Å²) in [5, 5.41) is 14.2. The van der Waals surface area contributed by atoms with Crippen molar-refractivity contribution in [2.45, 2.75) is 13.5 Å². The summed E-state index contributed by atoms with van der Waals surface area (Å²) in [5.74, 6) is 0.784. The van der Waals surface area contributed by atoms with E-state index in [1.807, 2.05) is 37.4 Å². The highest BCUT2D eigenvalue weighted by Gasteiger charge is 2.04. The van der Waals surface area contributed by atoms with Gasteiger partial charge in [-0.25, -0.2) is 0 Å². The number of aromatic amines is 1. The summed E-state index contributed by atoms with van der Waals surface area (Å²) >= 11 is 0. The quantitative estimate of drug-likeness (QED) is 0.743. The molecule has 0 saturated heterocycles. The second-order valence-electron chi connectivity index (χ2n) is 4.31. The molecule has 0 radical (unpaired) electrons. The summed E-state index contributed by atoms with van der Waals surface area (Å²) in [6.45, 7) is 3.24. The molecule has 2 aromatic heterocycles. The second-order valence-corrected chi connectivity index (χ2v) is 4.31. The molecule has 0 unspecified atom stereocenters. The summed E-state index contributed by atoms with van der Waals surface area (Å²) in [5.41, 5.74) is 3.67. The zero-order valence-corrected chi connectivity index (χ0v) is 11.1. The van der Waals surface area contributed by atoms with Crippen LogP contribution in [0.4, 0.5) is 5.69 Å². The molecule has 0 fully saturated rings. The first-order valence-corrected chi connectivity index (χ1v) is 6.47. The third-order valence-electron chi connectivity index (χ3n) is 2.91. The highest BCUT2D eigenvalue weighted by atomic mass is 16.5. The number of anilines is 1. The summed E-state index contributed by atoms with van der Waals surface area (Å²) in [7, 11) is 0. The van der Waals surface area contributed by atoms with E-state index < -0.39 is 0 Å². The Hall–Kier alpha value is -2.63. The molecule has 6 heteroatoms. The monoisotopic (exact) mass is 269 g/mol. The van der Waals surface area contributed by atoms with Crippen molar-refractivity contribution < 1.29 is 4.74 Å². The standard InChI is InChI=1S/C14H15N5O/c1-2-20-11-6-10(7-15-9-11)8-16-12-4-3-5-13-14(12)18-19-17-13/h3-7,9,16H,2,8H2,1H3,(H,17,18,19). The van der Waals surface area contributed by atoms with E-state index >= 15 is 0 Å². The molecule has 3 aromatic rings. The van der Waals surface area contributed by atoms with Crippen molar-refractivity contribution in [3.8, 4) is 5.75 Å². The topological polar surface area (TPSA) is 75.7 Å². The molecule has 2 N–H and O–H groups in total. The Bertz CT molecular complexity index is 709. The number of hydrogen-bond donors (Lipinski definition) is 2.